The number of hydrogen-bond donors (Lipinski definition) is 2. The van der Waals surface area contributed by atoms with Crippen LogP contribution in [0.4, 0.5) is 4.79 Å². The average Bonchev–Trinajstić information content (AvgIpc) is 2.51. The van der Waals surface area contributed by atoms with E-state index in [9.17, 15) is 14.7 Å². The molecule has 0 saturated heterocycles. The van der Waals surface area contributed by atoms with Crippen LogP contribution >= 0.6 is 0 Å². The monoisotopic (exact) mass is 395 g/mol. The summed E-state index contributed by atoms with van der Waals surface area (Å²) in [6.07, 6.45) is -2.14. The summed E-state index contributed by atoms with van der Waals surface area (Å²) in [5.74, 6) is -0.556. The Morgan fingerprint density at radius 3 is 2.11 bits per heavy atom. The number of aliphatic hydroxyl groups excluding tert-OH is 1. The number of carbonyl (C=O) groups excluding carboxylic acids is 2. The van der Waals surface area contributed by atoms with Crippen molar-refractivity contribution < 1.29 is 28.9 Å². The molecule has 1 aromatic rings. The maximum Gasteiger partial charge on any atom is 0.408 e. The molecular formula is C21H33NO6. The van der Waals surface area contributed by atoms with Gasteiger partial charge in [-0.2, -0.15) is 0 Å². The Kier molecular flexibility index (Phi) is 8.91. The number of alkyl carbamates (subject to hydrolysis) is 1. The minimum absolute atomic E-state index is 0.0120. The van der Waals surface area contributed by atoms with E-state index in [2.05, 4.69) is 5.32 Å². The fourth-order valence-electron chi connectivity index (χ4n) is 2.28. The summed E-state index contributed by atoms with van der Waals surface area (Å²) in [6, 6.07) is 8.69. The van der Waals surface area contributed by atoms with Gasteiger partial charge in [-0.25, -0.2) is 4.79 Å². The number of amides is 1. The van der Waals surface area contributed by atoms with Gasteiger partial charge in [0.1, 0.15) is 11.2 Å². The third-order valence-corrected chi connectivity index (χ3v) is 3.37. The molecule has 0 aromatic heterocycles. The molecule has 0 bridgehead atoms. The maximum absolute atomic E-state index is 12.1. The van der Waals surface area contributed by atoms with E-state index in [1.54, 1.807) is 41.5 Å². The van der Waals surface area contributed by atoms with Gasteiger partial charge in [-0.15, -0.1) is 0 Å². The molecule has 0 saturated carbocycles. The second kappa shape index (κ2) is 10.4. The van der Waals surface area contributed by atoms with Crippen LogP contribution in [0.1, 0.15) is 53.5 Å². The van der Waals surface area contributed by atoms with Crippen molar-refractivity contribution in [3.8, 4) is 0 Å². The van der Waals surface area contributed by atoms with Crippen LogP contribution in [0.3, 0.4) is 0 Å². The molecule has 7 nitrogen and oxygen atoms in total. The molecule has 0 radical (unpaired) electrons. The van der Waals surface area contributed by atoms with Gasteiger partial charge in [0.25, 0.3) is 0 Å². The number of benzene rings is 1. The molecule has 0 aliphatic rings. The number of esters is 1. The number of rotatable bonds is 8. The lowest BCUT2D eigenvalue weighted by Crippen LogP contribution is -2.49. The van der Waals surface area contributed by atoms with Gasteiger partial charge in [-0.3, -0.25) is 4.79 Å². The van der Waals surface area contributed by atoms with Crippen LogP contribution in [0.15, 0.2) is 30.3 Å². The first-order chi connectivity index (χ1) is 12.9. The van der Waals surface area contributed by atoms with Crippen LogP contribution in [0, 0.1) is 0 Å². The fourth-order valence-corrected chi connectivity index (χ4v) is 2.28. The van der Waals surface area contributed by atoms with E-state index in [1.807, 2.05) is 30.3 Å². The topological polar surface area (TPSA) is 94.1 Å². The van der Waals surface area contributed by atoms with Crippen LogP contribution in [-0.4, -0.2) is 47.1 Å². The summed E-state index contributed by atoms with van der Waals surface area (Å²) in [7, 11) is 0. The SMILES string of the molecule is CC(C)(C)OC(=O)C[C@@H](O)[C@H](COCc1ccccc1)NC(=O)OC(C)(C)C. The van der Waals surface area contributed by atoms with Crippen molar-refractivity contribution in [1.29, 1.82) is 0 Å². The van der Waals surface area contributed by atoms with Crippen molar-refractivity contribution in [2.75, 3.05) is 6.61 Å². The third-order valence-electron chi connectivity index (χ3n) is 3.37. The lowest BCUT2D eigenvalue weighted by atomic mass is 10.1. The molecule has 0 aliphatic carbocycles. The number of carbonyl (C=O) groups is 2. The van der Waals surface area contributed by atoms with E-state index in [-0.39, 0.29) is 13.0 Å². The first kappa shape index (κ1) is 23.9. The van der Waals surface area contributed by atoms with Crippen molar-refractivity contribution in [2.45, 2.75) is 77.9 Å². The van der Waals surface area contributed by atoms with E-state index >= 15 is 0 Å². The number of hydrogen-bond acceptors (Lipinski definition) is 6. The van der Waals surface area contributed by atoms with Crippen molar-refractivity contribution in [3.63, 3.8) is 0 Å². The molecule has 1 rings (SSSR count). The quantitative estimate of drug-likeness (QED) is 0.657. The molecule has 28 heavy (non-hydrogen) atoms. The highest BCUT2D eigenvalue weighted by Crippen LogP contribution is 2.12. The molecule has 158 valence electrons. The molecule has 7 heteroatoms. The Bertz CT molecular complexity index is 618. The fraction of sp³-hybridized carbons (Fsp3) is 0.619. The first-order valence-corrected chi connectivity index (χ1v) is 9.37. The zero-order valence-electron chi connectivity index (χ0n) is 17.7. The van der Waals surface area contributed by atoms with Gasteiger partial charge in [0, 0.05) is 0 Å². The van der Waals surface area contributed by atoms with Gasteiger partial charge in [0.05, 0.1) is 31.8 Å². The van der Waals surface area contributed by atoms with E-state index in [4.69, 9.17) is 14.2 Å². The molecule has 1 amide bonds. The average molecular weight is 395 g/mol. The van der Waals surface area contributed by atoms with Crippen molar-refractivity contribution in [3.05, 3.63) is 35.9 Å². The van der Waals surface area contributed by atoms with E-state index in [1.165, 1.54) is 0 Å². The highest BCUT2D eigenvalue weighted by Gasteiger charge is 2.28. The van der Waals surface area contributed by atoms with Crippen LogP contribution in [-0.2, 0) is 25.6 Å². The summed E-state index contributed by atoms with van der Waals surface area (Å²) < 4.78 is 16.1. The third kappa shape index (κ3) is 10.9. The Balaban J connectivity index is 2.69. The molecule has 0 heterocycles. The first-order valence-electron chi connectivity index (χ1n) is 9.37. The minimum atomic E-state index is -1.18. The summed E-state index contributed by atoms with van der Waals surface area (Å²) in [4.78, 5) is 24.1. The summed E-state index contributed by atoms with van der Waals surface area (Å²) in [5.41, 5.74) is -0.384. The summed E-state index contributed by atoms with van der Waals surface area (Å²) >= 11 is 0. The van der Waals surface area contributed by atoms with E-state index < -0.39 is 35.4 Å². The maximum atomic E-state index is 12.1. The Morgan fingerprint density at radius 2 is 1.57 bits per heavy atom. The van der Waals surface area contributed by atoms with Gasteiger partial charge < -0.3 is 24.6 Å². The van der Waals surface area contributed by atoms with Crippen molar-refractivity contribution >= 4 is 12.1 Å². The standard InChI is InChI=1S/C21H33NO6/c1-20(2,3)27-18(24)12-17(23)16(22-19(25)28-21(4,5)6)14-26-13-15-10-8-7-9-11-15/h7-11,16-17,23H,12-14H2,1-6H3,(H,22,25)/t16-,17+/m0/s1. The van der Waals surface area contributed by atoms with Gasteiger partial charge in [0.2, 0.25) is 0 Å². The highest BCUT2D eigenvalue weighted by molar-refractivity contribution is 5.71. The highest BCUT2D eigenvalue weighted by atomic mass is 16.6. The summed E-state index contributed by atoms with van der Waals surface area (Å²) in [5, 5.41) is 13.1. The minimum Gasteiger partial charge on any atom is -0.460 e. The zero-order valence-corrected chi connectivity index (χ0v) is 17.7. The Morgan fingerprint density at radius 1 is 1.00 bits per heavy atom. The van der Waals surface area contributed by atoms with Crippen molar-refractivity contribution in [2.24, 2.45) is 0 Å². The van der Waals surface area contributed by atoms with Gasteiger partial charge in [0.15, 0.2) is 0 Å². The molecule has 1 aromatic carbocycles. The molecule has 0 fully saturated rings. The lowest BCUT2D eigenvalue weighted by molar-refractivity contribution is -0.157. The van der Waals surface area contributed by atoms with Crippen molar-refractivity contribution in [1.82, 2.24) is 5.32 Å². The molecule has 0 spiro atoms. The number of nitrogens with one attached hydrogen (secondary N) is 1. The summed E-state index contributed by atoms with van der Waals surface area (Å²) in [6.45, 7) is 10.8. The predicted molar refractivity (Wildman–Crippen MR) is 106 cm³/mol. The molecule has 2 atom stereocenters. The Hall–Kier alpha value is -2.12. The smallest absolute Gasteiger partial charge is 0.408 e. The van der Waals surface area contributed by atoms with Crippen LogP contribution < -0.4 is 5.32 Å². The second-order valence-electron chi connectivity index (χ2n) is 8.61. The second-order valence-corrected chi connectivity index (χ2v) is 8.61. The number of ether oxygens (including phenoxy) is 3. The lowest BCUT2D eigenvalue weighted by Gasteiger charge is -2.27. The molecular weight excluding hydrogens is 362 g/mol. The van der Waals surface area contributed by atoms with Gasteiger partial charge in [-0.1, -0.05) is 30.3 Å². The van der Waals surface area contributed by atoms with Crippen LogP contribution in [0.5, 0.6) is 0 Å². The predicted octanol–water partition coefficient (Wildman–Crippen LogP) is 3.19. The largest absolute Gasteiger partial charge is 0.460 e. The number of aliphatic hydroxyl groups is 1. The van der Waals surface area contributed by atoms with E-state index in [0.29, 0.717) is 6.61 Å². The molecule has 0 aliphatic heterocycles. The van der Waals surface area contributed by atoms with Crippen LogP contribution in [0.25, 0.3) is 0 Å². The zero-order chi connectivity index (χ0) is 21.4. The normalized spacial score (nSPS) is 14.1. The van der Waals surface area contributed by atoms with E-state index in [0.717, 1.165) is 5.56 Å². The van der Waals surface area contributed by atoms with Gasteiger partial charge in [-0.05, 0) is 47.1 Å². The molecule has 2 N–H and O–H groups in total. The Labute approximate surface area is 167 Å². The van der Waals surface area contributed by atoms with Crippen LogP contribution in [0.2, 0.25) is 0 Å². The molecule has 0 unspecified atom stereocenters. The van der Waals surface area contributed by atoms with Gasteiger partial charge >= 0.3 is 12.1 Å².